The summed E-state index contributed by atoms with van der Waals surface area (Å²) in [4.78, 5) is 2.27. The summed E-state index contributed by atoms with van der Waals surface area (Å²) in [6, 6.07) is 7.46. The summed E-state index contributed by atoms with van der Waals surface area (Å²) in [6.07, 6.45) is -0.543. The minimum absolute atomic E-state index is 0.209. The highest BCUT2D eigenvalue weighted by molar-refractivity contribution is 14.1. The molecule has 1 aliphatic rings. The molecular formula is C19H25F3IN3O2S. The normalized spacial score (nSPS) is 17.1. The number of hydrogen-bond donors (Lipinski definition) is 1. The molecule has 1 aliphatic heterocycles. The van der Waals surface area contributed by atoms with E-state index in [1.165, 1.54) is 10.8 Å². The van der Waals surface area contributed by atoms with Gasteiger partial charge < -0.3 is 14.8 Å². The third kappa shape index (κ3) is 6.48. The Morgan fingerprint density at radius 1 is 1.24 bits per heavy atom. The van der Waals surface area contributed by atoms with E-state index >= 15 is 0 Å². The maximum absolute atomic E-state index is 12.9. The number of sulfone groups is 1. The van der Waals surface area contributed by atoms with Crippen molar-refractivity contribution in [1.82, 2.24) is 9.47 Å². The Balaban J connectivity index is 1.62. The van der Waals surface area contributed by atoms with Crippen LogP contribution in [0.2, 0.25) is 0 Å². The Morgan fingerprint density at radius 2 is 1.93 bits per heavy atom. The first-order valence-electron chi connectivity index (χ1n) is 9.53. The van der Waals surface area contributed by atoms with Crippen LogP contribution in [0.5, 0.6) is 0 Å². The topological polar surface area (TPSA) is 54.3 Å². The van der Waals surface area contributed by atoms with Crippen molar-refractivity contribution in [2.75, 3.05) is 37.0 Å². The number of fused-ring (bicyclic) bond motifs is 1. The lowest BCUT2D eigenvalue weighted by molar-refractivity contribution is -0.140. The van der Waals surface area contributed by atoms with Gasteiger partial charge in [0.25, 0.3) is 0 Å². The third-order valence-electron chi connectivity index (χ3n) is 5.17. The largest absolute Gasteiger partial charge is 0.406 e. The van der Waals surface area contributed by atoms with Gasteiger partial charge >= 0.3 is 6.18 Å². The number of aromatic nitrogens is 1. The van der Waals surface area contributed by atoms with Crippen LogP contribution >= 0.6 is 22.6 Å². The van der Waals surface area contributed by atoms with Crippen molar-refractivity contribution in [1.29, 1.82) is 0 Å². The van der Waals surface area contributed by atoms with Crippen LogP contribution in [-0.2, 0) is 16.4 Å². The van der Waals surface area contributed by atoms with Gasteiger partial charge in [0.1, 0.15) is 16.4 Å². The number of nitrogens with one attached hydrogen (secondary N) is 1. The average Bonchev–Trinajstić information content (AvgIpc) is 2.91. The van der Waals surface area contributed by atoms with E-state index in [4.69, 9.17) is 0 Å². The first-order valence-corrected chi connectivity index (χ1v) is 12.7. The maximum Gasteiger partial charge on any atom is 0.406 e. The van der Waals surface area contributed by atoms with Gasteiger partial charge in [-0.05, 0) is 66.6 Å². The first-order chi connectivity index (χ1) is 13.5. The van der Waals surface area contributed by atoms with Crippen LogP contribution < -0.4 is 5.32 Å². The number of likely N-dealkylation sites (tertiary alicyclic amines) is 1. The molecule has 0 bridgehead atoms. The molecule has 0 unspecified atom stereocenters. The first kappa shape index (κ1) is 22.7. The van der Waals surface area contributed by atoms with Gasteiger partial charge in [0.15, 0.2) is 0 Å². The molecule has 162 valence electrons. The average molecular weight is 543 g/mol. The zero-order valence-corrected chi connectivity index (χ0v) is 19.1. The van der Waals surface area contributed by atoms with Gasteiger partial charge in [-0.1, -0.05) is 6.07 Å². The van der Waals surface area contributed by atoms with Gasteiger partial charge in [0.05, 0.1) is 15.0 Å². The molecule has 0 saturated carbocycles. The predicted octanol–water partition coefficient (Wildman–Crippen LogP) is 4.12. The van der Waals surface area contributed by atoms with E-state index < -0.39 is 22.6 Å². The molecular weight excluding hydrogens is 518 g/mol. The van der Waals surface area contributed by atoms with Crippen molar-refractivity contribution in [2.24, 2.45) is 0 Å². The number of piperidine rings is 1. The predicted molar refractivity (Wildman–Crippen MR) is 118 cm³/mol. The molecule has 1 aromatic carbocycles. The summed E-state index contributed by atoms with van der Waals surface area (Å²) < 4.78 is 63.1. The maximum atomic E-state index is 12.9. The van der Waals surface area contributed by atoms with Crippen molar-refractivity contribution in [2.45, 2.75) is 38.0 Å². The lowest BCUT2D eigenvalue weighted by Crippen LogP contribution is -2.39. The Morgan fingerprint density at radius 3 is 2.55 bits per heavy atom. The molecule has 10 heteroatoms. The number of hydrogen-bond acceptors (Lipinski definition) is 4. The third-order valence-corrected chi connectivity index (χ3v) is 7.09. The van der Waals surface area contributed by atoms with Gasteiger partial charge in [0, 0.05) is 36.5 Å². The van der Waals surface area contributed by atoms with Crippen LogP contribution in [0.25, 0.3) is 10.9 Å². The Hall–Kier alpha value is -1.01. The van der Waals surface area contributed by atoms with Crippen molar-refractivity contribution in [3.8, 4) is 0 Å². The molecule has 2 aromatic rings. The standard InChI is InChI=1S/C19H25F3IN3O2S/c1-29(27,28)11-3-8-25-9-6-14(7-10-25)24-16-4-2-5-17-15(16)12-18(23)26(17)13-19(20,21)22/h2,4-5,12,14,24H,3,6-11,13H2,1H3. The summed E-state index contributed by atoms with van der Waals surface area (Å²) in [5.41, 5.74) is 1.44. The molecule has 3 rings (SSSR count). The number of rotatable bonds is 7. The minimum Gasteiger partial charge on any atom is -0.382 e. The highest BCUT2D eigenvalue weighted by Gasteiger charge is 2.30. The summed E-state index contributed by atoms with van der Waals surface area (Å²) in [7, 11) is -2.92. The molecule has 1 saturated heterocycles. The van der Waals surface area contributed by atoms with Crippen LogP contribution in [0.1, 0.15) is 19.3 Å². The van der Waals surface area contributed by atoms with Crippen molar-refractivity contribution < 1.29 is 21.6 Å². The number of benzene rings is 1. The van der Waals surface area contributed by atoms with Gasteiger partial charge in [-0.15, -0.1) is 0 Å². The Bertz CT molecular complexity index is 951. The summed E-state index contributed by atoms with van der Waals surface area (Å²) >= 11 is 1.95. The minimum atomic E-state index is -4.26. The monoisotopic (exact) mass is 543 g/mol. The number of anilines is 1. The second-order valence-electron chi connectivity index (χ2n) is 7.65. The molecule has 1 N–H and O–H groups in total. The van der Waals surface area contributed by atoms with Crippen LogP contribution in [0.3, 0.4) is 0 Å². The van der Waals surface area contributed by atoms with Crippen LogP contribution in [0.4, 0.5) is 18.9 Å². The second-order valence-corrected chi connectivity index (χ2v) is 11.0. The zero-order valence-electron chi connectivity index (χ0n) is 16.2. The fourth-order valence-electron chi connectivity index (χ4n) is 3.79. The molecule has 5 nitrogen and oxygen atoms in total. The molecule has 1 fully saturated rings. The lowest BCUT2D eigenvalue weighted by atomic mass is 10.0. The Labute approximate surface area is 182 Å². The van der Waals surface area contributed by atoms with E-state index in [9.17, 15) is 21.6 Å². The Kier molecular flexibility index (Phi) is 7.04. The van der Waals surface area contributed by atoms with Crippen molar-refractivity contribution in [3.05, 3.63) is 28.0 Å². The van der Waals surface area contributed by atoms with Crippen LogP contribution in [0.15, 0.2) is 24.3 Å². The van der Waals surface area contributed by atoms with Crippen LogP contribution in [-0.4, -0.2) is 61.7 Å². The van der Waals surface area contributed by atoms with E-state index in [0.29, 0.717) is 15.6 Å². The van der Waals surface area contributed by atoms with E-state index in [2.05, 4.69) is 10.2 Å². The molecule has 0 atom stereocenters. The van der Waals surface area contributed by atoms with Crippen molar-refractivity contribution >= 4 is 49.0 Å². The molecule has 2 heterocycles. The van der Waals surface area contributed by atoms with Gasteiger partial charge in [-0.3, -0.25) is 0 Å². The van der Waals surface area contributed by atoms with E-state index in [0.717, 1.165) is 43.5 Å². The highest BCUT2D eigenvalue weighted by atomic mass is 127. The molecule has 29 heavy (non-hydrogen) atoms. The van der Waals surface area contributed by atoms with E-state index in [-0.39, 0.29) is 11.8 Å². The van der Waals surface area contributed by atoms with E-state index in [1.807, 2.05) is 28.7 Å². The quantitative estimate of drug-likeness (QED) is 0.535. The fraction of sp³-hybridized carbons (Fsp3) is 0.579. The summed E-state index contributed by atoms with van der Waals surface area (Å²) in [5.74, 6) is 0.209. The lowest BCUT2D eigenvalue weighted by Gasteiger charge is -2.33. The van der Waals surface area contributed by atoms with Crippen LogP contribution in [0, 0.1) is 3.70 Å². The molecule has 0 radical (unpaired) electrons. The van der Waals surface area contributed by atoms with Gasteiger partial charge in [0.2, 0.25) is 0 Å². The van der Waals surface area contributed by atoms with Gasteiger partial charge in [-0.2, -0.15) is 13.2 Å². The second kappa shape index (κ2) is 9.01. The number of halogens is 4. The number of alkyl halides is 3. The smallest absolute Gasteiger partial charge is 0.382 e. The molecule has 0 aliphatic carbocycles. The zero-order chi connectivity index (χ0) is 21.2. The highest BCUT2D eigenvalue weighted by Crippen LogP contribution is 2.32. The number of nitrogens with zero attached hydrogens (tertiary/aromatic N) is 2. The molecule has 1 aromatic heterocycles. The molecule has 0 amide bonds. The summed E-state index contributed by atoms with van der Waals surface area (Å²) in [6.45, 7) is 1.53. The van der Waals surface area contributed by atoms with Gasteiger partial charge in [-0.25, -0.2) is 8.42 Å². The SMILES string of the molecule is CS(=O)(=O)CCCN1CCC(Nc2cccc3c2cc(I)n3CC(F)(F)F)CC1. The van der Waals surface area contributed by atoms with E-state index in [1.54, 1.807) is 18.2 Å². The van der Waals surface area contributed by atoms with Crippen molar-refractivity contribution in [3.63, 3.8) is 0 Å². The summed E-state index contributed by atoms with van der Waals surface area (Å²) in [5, 5.41) is 4.31. The fourth-order valence-corrected chi connectivity index (χ4v) is 5.18. The molecule has 0 spiro atoms.